The maximum absolute atomic E-state index is 14.7. The Balaban J connectivity index is 1.43. The molecule has 2 saturated heterocycles. The number of carbonyl (C=O) groups is 3. The van der Waals surface area contributed by atoms with Gasteiger partial charge in [0.1, 0.15) is 23.7 Å². The van der Waals surface area contributed by atoms with E-state index in [4.69, 9.17) is 14.4 Å². The van der Waals surface area contributed by atoms with Gasteiger partial charge in [0.25, 0.3) is 17.7 Å². The van der Waals surface area contributed by atoms with Crippen LogP contribution in [0, 0.1) is 17.1 Å². The number of hydrogen-bond acceptors (Lipinski definition) is 7. The van der Waals surface area contributed by atoms with Crippen molar-refractivity contribution in [1.82, 2.24) is 20.0 Å². The first kappa shape index (κ1) is 38.7. The molecular formula is C40H39BF4N6O5. The smallest absolute Gasteiger partial charge is 0.399 e. The summed E-state index contributed by atoms with van der Waals surface area (Å²) in [6.07, 6.45) is -3.72. The molecule has 11 nitrogen and oxygen atoms in total. The third kappa shape index (κ3) is 6.72. The second-order valence-electron chi connectivity index (χ2n) is 15.1. The zero-order valence-corrected chi connectivity index (χ0v) is 31.4. The van der Waals surface area contributed by atoms with Crippen LogP contribution < -0.4 is 15.7 Å². The van der Waals surface area contributed by atoms with Gasteiger partial charge in [0.2, 0.25) is 0 Å². The molecule has 3 aromatic carbocycles. The predicted octanol–water partition coefficient (Wildman–Crippen LogP) is 5.75. The van der Waals surface area contributed by atoms with Crippen molar-refractivity contribution in [3.8, 4) is 11.8 Å². The summed E-state index contributed by atoms with van der Waals surface area (Å²) in [5.41, 5.74) is -1.20. The summed E-state index contributed by atoms with van der Waals surface area (Å²) in [4.78, 5) is 45.9. The molecule has 3 amide bonds. The van der Waals surface area contributed by atoms with E-state index in [0.29, 0.717) is 35.6 Å². The fourth-order valence-electron chi connectivity index (χ4n) is 7.49. The number of halogens is 4. The second kappa shape index (κ2) is 14.2. The van der Waals surface area contributed by atoms with E-state index < -0.39 is 71.6 Å². The number of anilines is 1. The first-order chi connectivity index (χ1) is 26.5. The molecule has 16 heteroatoms. The number of likely N-dealkylation sites (N-methyl/N-ethyl adjacent to an activating group) is 1. The number of likely N-dealkylation sites (tertiary alicyclic amines) is 1. The highest BCUT2D eigenvalue weighted by Gasteiger charge is 2.52. The summed E-state index contributed by atoms with van der Waals surface area (Å²) >= 11 is 0. The van der Waals surface area contributed by atoms with Crippen LogP contribution in [0.1, 0.15) is 90.9 Å². The average molecular weight is 771 g/mol. The Kier molecular flexibility index (Phi) is 9.82. The number of nitriles is 1. The van der Waals surface area contributed by atoms with E-state index in [1.165, 1.54) is 44.8 Å². The second-order valence-corrected chi connectivity index (χ2v) is 15.1. The number of alkyl halides is 3. The van der Waals surface area contributed by atoms with Crippen molar-refractivity contribution in [3.63, 3.8) is 0 Å². The van der Waals surface area contributed by atoms with Gasteiger partial charge < -0.3 is 19.5 Å². The van der Waals surface area contributed by atoms with Crippen LogP contribution in [-0.2, 0) is 20.3 Å². The molecular weight excluding hydrogens is 731 g/mol. The Morgan fingerprint density at radius 3 is 2.34 bits per heavy atom. The van der Waals surface area contributed by atoms with Gasteiger partial charge in [-0.3, -0.25) is 19.3 Å². The van der Waals surface area contributed by atoms with Crippen LogP contribution in [0.5, 0.6) is 0 Å². The molecule has 0 spiro atoms. The van der Waals surface area contributed by atoms with Gasteiger partial charge in [0.05, 0.1) is 28.5 Å². The number of amides is 3. The topological polar surface area (TPSA) is 130 Å². The van der Waals surface area contributed by atoms with Crippen molar-refractivity contribution >= 4 is 36.1 Å². The average Bonchev–Trinajstić information content (AvgIpc) is 3.86. The van der Waals surface area contributed by atoms with Crippen molar-refractivity contribution in [2.75, 3.05) is 18.0 Å². The van der Waals surface area contributed by atoms with E-state index >= 15 is 0 Å². The predicted molar refractivity (Wildman–Crippen MR) is 198 cm³/mol. The quantitative estimate of drug-likeness (QED) is 0.187. The first-order valence-electron chi connectivity index (χ1n) is 18.3. The Morgan fingerprint density at radius 2 is 1.70 bits per heavy atom. The number of nitrogens with zero attached hydrogens (tertiary/aromatic N) is 5. The molecule has 0 aliphatic carbocycles. The van der Waals surface area contributed by atoms with Crippen LogP contribution in [0.3, 0.4) is 0 Å². The van der Waals surface area contributed by atoms with Crippen LogP contribution in [0.25, 0.3) is 5.69 Å². The normalized spacial score (nSPS) is 21.5. The molecule has 56 heavy (non-hydrogen) atoms. The monoisotopic (exact) mass is 770 g/mol. The van der Waals surface area contributed by atoms with E-state index in [1.807, 2.05) is 33.8 Å². The molecule has 4 heterocycles. The molecule has 0 bridgehead atoms. The van der Waals surface area contributed by atoms with Crippen molar-refractivity contribution < 1.29 is 41.3 Å². The summed E-state index contributed by atoms with van der Waals surface area (Å²) in [6.45, 7) is 9.68. The summed E-state index contributed by atoms with van der Waals surface area (Å²) in [5.74, 6) is -3.78. The van der Waals surface area contributed by atoms with Gasteiger partial charge in [-0.15, -0.1) is 0 Å². The standard InChI is InChI=1S/C40H39BF4N6O5/c1-6-49-35-31(30(23-15-17-27(42)18-16-23)32(36(49)53)47-34(52)24-10-7-11-25(20-24)40(43,44)45)33(37(54)50-19-9-14-29(50)22-46)48-51(35)28-13-8-12-26(21-28)41-55-38(2,3)39(4,5)56-41/h7-8,10-13,15-18,20-21,29-30,32H,6,9,14,19H2,1-5H3,(H,47,52)/t29-,30?,32?/m0/s1. The zero-order valence-electron chi connectivity index (χ0n) is 31.4. The largest absolute Gasteiger partial charge is 0.494 e. The Labute approximate surface area is 321 Å². The highest BCUT2D eigenvalue weighted by molar-refractivity contribution is 6.62. The van der Waals surface area contributed by atoms with Crippen LogP contribution in [0.15, 0.2) is 72.8 Å². The van der Waals surface area contributed by atoms with Crippen LogP contribution in [-0.4, -0.2) is 75.9 Å². The Hall–Kier alpha value is -5.53. The fraction of sp³-hybridized carbons (Fsp3) is 0.375. The zero-order chi connectivity index (χ0) is 40.3. The van der Waals surface area contributed by atoms with Gasteiger partial charge in [0, 0.05) is 30.1 Å². The van der Waals surface area contributed by atoms with Gasteiger partial charge >= 0.3 is 13.3 Å². The molecule has 7 rings (SSSR count). The Morgan fingerprint density at radius 1 is 1.02 bits per heavy atom. The lowest BCUT2D eigenvalue weighted by Gasteiger charge is -2.38. The van der Waals surface area contributed by atoms with Crippen LogP contribution in [0.2, 0.25) is 0 Å². The minimum absolute atomic E-state index is 0.0265. The summed E-state index contributed by atoms with van der Waals surface area (Å²) in [7, 11) is -0.764. The molecule has 3 aliphatic heterocycles. The number of fused-ring (bicyclic) bond motifs is 1. The van der Waals surface area contributed by atoms with Gasteiger partial charge in [-0.1, -0.05) is 30.3 Å². The van der Waals surface area contributed by atoms with E-state index in [-0.39, 0.29) is 35.7 Å². The molecule has 4 aromatic rings. The first-order valence-corrected chi connectivity index (χ1v) is 18.3. The lowest BCUT2D eigenvalue weighted by molar-refractivity contribution is -0.137. The van der Waals surface area contributed by atoms with Crippen LogP contribution in [0.4, 0.5) is 23.4 Å². The minimum Gasteiger partial charge on any atom is -0.399 e. The maximum Gasteiger partial charge on any atom is 0.494 e. The highest BCUT2D eigenvalue weighted by Crippen LogP contribution is 2.45. The third-order valence-electron chi connectivity index (χ3n) is 11.1. The summed E-state index contributed by atoms with van der Waals surface area (Å²) in [6, 6.07) is 16.0. The molecule has 2 fully saturated rings. The summed E-state index contributed by atoms with van der Waals surface area (Å²) < 4.78 is 69.4. The summed E-state index contributed by atoms with van der Waals surface area (Å²) in [5, 5.41) is 17.5. The third-order valence-corrected chi connectivity index (χ3v) is 11.1. The number of aromatic nitrogens is 2. The molecule has 1 N–H and O–H groups in total. The van der Waals surface area contributed by atoms with Crippen molar-refractivity contribution in [1.29, 1.82) is 5.26 Å². The van der Waals surface area contributed by atoms with Crippen molar-refractivity contribution in [2.45, 2.75) is 82.8 Å². The Bertz CT molecular complexity index is 2240. The van der Waals surface area contributed by atoms with Gasteiger partial charge in [-0.05, 0) is 101 Å². The number of rotatable bonds is 7. The maximum atomic E-state index is 14.7. The highest BCUT2D eigenvalue weighted by atomic mass is 19.4. The number of nitrogens with one attached hydrogen (secondary N) is 1. The molecule has 290 valence electrons. The van der Waals surface area contributed by atoms with Gasteiger partial charge in [-0.2, -0.15) is 23.5 Å². The van der Waals surface area contributed by atoms with E-state index in [9.17, 15) is 37.2 Å². The molecule has 3 atom stereocenters. The lowest BCUT2D eigenvalue weighted by atomic mass is 9.79. The van der Waals surface area contributed by atoms with Crippen LogP contribution >= 0.6 is 0 Å². The lowest BCUT2D eigenvalue weighted by Crippen LogP contribution is -2.55. The number of carbonyl (C=O) groups excluding carboxylic acids is 3. The SMILES string of the molecule is CCN1C(=O)C(NC(=O)c2cccc(C(F)(F)F)c2)C(c2ccc(F)cc2)c2c(C(=O)N3CCC[C@H]3C#N)nn(-c3cccc(B4OC(C)(C)C(C)(C)O4)c3)c21. The van der Waals surface area contributed by atoms with Gasteiger partial charge in [0.15, 0.2) is 5.69 Å². The molecule has 2 unspecified atom stereocenters. The van der Waals surface area contributed by atoms with E-state index in [0.717, 1.165) is 12.1 Å². The van der Waals surface area contributed by atoms with E-state index in [1.54, 1.807) is 25.1 Å². The number of hydrogen-bond donors (Lipinski definition) is 1. The number of benzene rings is 3. The molecule has 1 aromatic heterocycles. The van der Waals surface area contributed by atoms with E-state index in [2.05, 4.69) is 11.4 Å². The molecule has 3 aliphatic rings. The van der Waals surface area contributed by atoms with Gasteiger partial charge in [-0.25, -0.2) is 9.07 Å². The minimum atomic E-state index is -4.73. The molecule has 0 radical (unpaired) electrons. The fourth-order valence-corrected chi connectivity index (χ4v) is 7.49. The van der Waals surface area contributed by atoms with Crippen molar-refractivity contribution in [2.24, 2.45) is 0 Å². The van der Waals surface area contributed by atoms with Crippen molar-refractivity contribution in [3.05, 3.63) is 107 Å². The molecule has 0 saturated carbocycles.